The van der Waals surface area contributed by atoms with Crippen molar-refractivity contribution >= 4 is 49.6 Å². The first-order valence-electron chi connectivity index (χ1n) is 0.873. The van der Waals surface area contributed by atoms with Crippen molar-refractivity contribution in [2.45, 2.75) is 0 Å². The molecule has 0 spiro atoms. The van der Waals surface area contributed by atoms with Crippen LogP contribution in [0.5, 0.6) is 0 Å². The molecule has 0 saturated heterocycles. The van der Waals surface area contributed by atoms with E-state index in [-0.39, 0.29) is 0 Å². The van der Waals surface area contributed by atoms with Crippen LogP contribution in [0, 0.1) is 0 Å². The first-order valence-corrected chi connectivity index (χ1v) is 17.6. The second-order valence-electron chi connectivity index (χ2n) is 0.495. The fourth-order valence-corrected chi connectivity index (χ4v) is 0. The Morgan fingerprint density at radius 3 is 0.800 bits per heavy atom. The summed E-state index contributed by atoms with van der Waals surface area (Å²) in [5.41, 5.74) is 0. The van der Waals surface area contributed by atoms with Gasteiger partial charge in [-0.15, -0.1) is 0 Å². The minimum atomic E-state index is -3.37. The quantitative estimate of drug-likeness (QED) is 0.586. The molecular formula is HCl4Sn-. The van der Waals surface area contributed by atoms with E-state index in [2.05, 4.69) is 0 Å². The summed E-state index contributed by atoms with van der Waals surface area (Å²) in [4.78, 5) is 0. The third kappa shape index (κ3) is 24.3. The molecule has 0 saturated carbocycles. The summed E-state index contributed by atoms with van der Waals surface area (Å²) < 4.78 is 0. The van der Waals surface area contributed by atoms with Crippen LogP contribution in [-0.4, -0.2) is 13.9 Å². The Hall–Kier alpha value is 1.96. The average Bonchev–Trinajstić information content (AvgIpc) is 0.722. The van der Waals surface area contributed by atoms with Gasteiger partial charge in [0.15, 0.2) is 0 Å². The summed E-state index contributed by atoms with van der Waals surface area (Å²) in [5.74, 6) is 0. The Bertz CT molecular complexity index is 19.1. The van der Waals surface area contributed by atoms with E-state index >= 15 is 0 Å². The zero-order valence-corrected chi connectivity index (χ0v) is 8.41. The molecule has 5 heteroatoms. The van der Waals surface area contributed by atoms with E-state index in [0.717, 1.165) is 0 Å². The van der Waals surface area contributed by atoms with Gasteiger partial charge in [-0.2, -0.15) is 0 Å². The molecule has 0 aromatic heterocycles. The summed E-state index contributed by atoms with van der Waals surface area (Å²) in [6.07, 6.45) is 0. The van der Waals surface area contributed by atoms with Crippen LogP contribution < -0.4 is 0 Å². The molecule has 0 rings (SSSR count). The van der Waals surface area contributed by atoms with Crippen LogP contribution in [0.1, 0.15) is 0 Å². The van der Waals surface area contributed by atoms with E-state index in [1.807, 2.05) is 0 Å². The van der Waals surface area contributed by atoms with E-state index in [1.54, 1.807) is 0 Å². The maximum atomic E-state index is 5.05. The molecule has 0 unspecified atom stereocenters. The van der Waals surface area contributed by atoms with E-state index in [4.69, 9.17) is 35.7 Å². The van der Waals surface area contributed by atoms with Crippen LogP contribution in [0.2, 0.25) is 0 Å². The first kappa shape index (κ1) is 6.96. The van der Waals surface area contributed by atoms with Crippen LogP contribution in [0.3, 0.4) is 0 Å². The van der Waals surface area contributed by atoms with Crippen LogP contribution in [-0.2, 0) is 0 Å². The van der Waals surface area contributed by atoms with Crippen molar-refractivity contribution in [3.8, 4) is 0 Å². The summed E-state index contributed by atoms with van der Waals surface area (Å²) in [6.45, 7) is 0. The molecule has 0 N–H and O–H groups in total. The van der Waals surface area contributed by atoms with Crippen LogP contribution >= 0.6 is 35.7 Å². The average molecular weight is 262 g/mol. The van der Waals surface area contributed by atoms with Gasteiger partial charge in [0.1, 0.15) is 0 Å². The summed E-state index contributed by atoms with van der Waals surface area (Å²) >= 11 is -3.37. The number of rotatable bonds is 0. The number of hydrogen-bond acceptors (Lipinski definition) is 0. The molecule has 0 aliphatic carbocycles. The molecule has 0 aromatic rings. The Kier molecular flexibility index (Phi) is 3.22. The number of hydrogen-bond donors (Lipinski definition) is 0. The van der Waals surface area contributed by atoms with Gasteiger partial charge in [0.2, 0.25) is 0 Å². The van der Waals surface area contributed by atoms with Crippen molar-refractivity contribution in [3.05, 3.63) is 0 Å². The summed E-state index contributed by atoms with van der Waals surface area (Å²) in [5, 5.41) is 0. The molecule has 0 amide bonds. The maximum absolute atomic E-state index is 5.05. The first-order chi connectivity index (χ1) is 2.00. The van der Waals surface area contributed by atoms with Gasteiger partial charge in [-0.05, 0) is 0 Å². The SMILES string of the molecule is [Cl][SnH-]([Cl])([Cl])[Cl]. The topological polar surface area (TPSA) is 0 Å². The van der Waals surface area contributed by atoms with Gasteiger partial charge in [0.05, 0.1) is 0 Å². The fourth-order valence-electron chi connectivity index (χ4n) is 0. The Morgan fingerprint density at radius 2 is 0.800 bits per heavy atom. The van der Waals surface area contributed by atoms with Crippen LogP contribution in [0.15, 0.2) is 0 Å². The fraction of sp³-hybridized carbons (Fsp3) is 0. The monoisotopic (exact) mass is 261 g/mol. The molecule has 0 aliphatic rings. The van der Waals surface area contributed by atoms with Gasteiger partial charge >= 0.3 is 49.6 Å². The van der Waals surface area contributed by atoms with Crippen molar-refractivity contribution in [2.75, 3.05) is 0 Å². The minimum absolute atomic E-state index is 3.37. The molecule has 34 valence electrons. The van der Waals surface area contributed by atoms with Gasteiger partial charge in [0.25, 0.3) is 0 Å². The Labute approximate surface area is 49.1 Å². The van der Waals surface area contributed by atoms with Gasteiger partial charge in [-0.1, -0.05) is 0 Å². The standard InChI is InChI=1S/4ClH.Sn.H/h4*1H;;/q;;;;+3;/p-4. The van der Waals surface area contributed by atoms with Crippen molar-refractivity contribution in [2.24, 2.45) is 0 Å². The van der Waals surface area contributed by atoms with Crippen molar-refractivity contribution in [1.29, 1.82) is 0 Å². The normalized spacial score (nSPS) is 15.2. The zero-order valence-electron chi connectivity index (χ0n) is 2.09. The van der Waals surface area contributed by atoms with Crippen molar-refractivity contribution in [3.63, 3.8) is 0 Å². The van der Waals surface area contributed by atoms with Gasteiger partial charge in [0, 0.05) is 0 Å². The Morgan fingerprint density at radius 1 is 0.800 bits per heavy atom. The molecule has 0 bridgehead atoms. The van der Waals surface area contributed by atoms with Crippen molar-refractivity contribution in [1.82, 2.24) is 0 Å². The van der Waals surface area contributed by atoms with Gasteiger partial charge in [-0.25, -0.2) is 0 Å². The second kappa shape index (κ2) is 2.31. The van der Waals surface area contributed by atoms with E-state index < -0.39 is 13.9 Å². The molecule has 0 radical (unpaired) electrons. The molecule has 0 aromatic carbocycles. The molecular weight excluding hydrogens is 261 g/mol. The summed E-state index contributed by atoms with van der Waals surface area (Å²) in [7, 11) is 20.2. The molecule has 0 atom stereocenters. The van der Waals surface area contributed by atoms with E-state index in [9.17, 15) is 0 Å². The second-order valence-corrected chi connectivity index (χ2v) is 29.9. The zero-order chi connectivity index (χ0) is 4.50. The third-order valence-electron chi connectivity index (χ3n) is 0. The predicted molar refractivity (Wildman–Crippen MR) is 30.6 cm³/mol. The van der Waals surface area contributed by atoms with Crippen LogP contribution in [0.25, 0.3) is 0 Å². The predicted octanol–water partition coefficient (Wildman–Crippen LogP) is 2.11. The molecule has 0 aliphatic heterocycles. The van der Waals surface area contributed by atoms with Gasteiger partial charge < -0.3 is 0 Å². The molecule has 0 nitrogen and oxygen atoms in total. The third-order valence-corrected chi connectivity index (χ3v) is 0. The number of halogens is 4. The van der Waals surface area contributed by atoms with Gasteiger partial charge in [-0.3, -0.25) is 0 Å². The Balaban J connectivity index is 3.02. The van der Waals surface area contributed by atoms with E-state index in [1.165, 1.54) is 0 Å². The van der Waals surface area contributed by atoms with Crippen molar-refractivity contribution < 1.29 is 0 Å². The molecule has 5 heavy (non-hydrogen) atoms. The summed E-state index contributed by atoms with van der Waals surface area (Å²) in [6, 6.07) is 0. The molecule has 0 fully saturated rings. The van der Waals surface area contributed by atoms with Crippen LogP contribution in [0.4, 0.5) is 0 Å². The van der Waals surface area contributed by atoms with E-state index in [0.29, 0.717) is 0 Å². The molecule has 0 heterocycles.